The lowest BCUT2D eigenvalue weighted by Crippen LogP contribution is -2.45. The molecule has 2 N–H and O–H groups in total. The van der Waals surface area contributed by atoms with Gasteiger partial charge in [-0.2, -0.15) is 0 Å². The second kappa shape index (κ2) is 9.37. The predicted molar refractivity (Wildman–Crippen MR) is 115 cm³/mol. The van der Waals surface area contributed by atoms with Gasteiger partial charge >= 0.3 is 12.0 Å². The van der Waals surface area contributed by atoms with Crippen LogP contribution in [-0.2, 0) is 11.2 Å². The molecule has 1 aliphatic carbocycles. The molecule has 0 spiro atoms. The molecule has 1 aromatic rings. The first-order valence-corrected chi connectivity index (χ1v) is 11.1. The Morgan fingerprint density at radius 1 is 1.29 bits per heavy atom. The van der Waals surface area contributed by atoms with Crippen LogP contribution in [0.1, 0.15) is 81.5 Å². The fourth-order valence-corrected chi connectivity index (χ4v) is 4.60. The van der Waals surface area contributed by atoms with E-state index in [2.05, 4.69) is 18.3 Å². The van der Waals surface area contributed by atoms with Crippen LogP contribution < -0.4 is 5.32 Å². The highest BCUT2D eigenvalue weighted by molar-refractivity contribution is 5.79. The van der Waals surface area contributed by atoms with E-state index < -0.39 is 11.9 Å². The monoisotopic (exact) mass is 434 g/mol. The number of carbonyl (C=O) groups excluding carboxylic acids is 1. The second-order valence-electron chi connectivity index (χ2n) is 8.95. The number of hydrogen-bond acceptors (Lipinski definition) is 2. The van der Waals surface area contributed by atoms with Gasteiger partial charge in [0.1, 0.15) is 0 Å². The van der Waals surface area contributed by atoms with Crippen molar-refractivity contribution in [2.75, 3.05) is 6.54 Å². The highest BCUT2D eigenvalue weighted by Gasteiger charge is 2.36. The molecule has 1 aromatic carbocycles. The molecule has 1 saturated carbocycles. The maximum absolute atomic E-state index is 13.6. The Kier molecular flexibility index (Phi) is 7.02. The van der Waals surface area contributed by atoms with E-state index in [1.807, 2.05) is 26.0 Å². The molecule has 3 rings (SSSR count). The Balaban J connectivity index is 1.86. The van der Waals surface area contributed by atoms with E-state index in [1.165, 1.54) is 4.90 Å². The van der Waals surface area contributed by atoms with Crippen LogP contribution >= 0.6 is 0 Å². The van der Waals surface area contributed by atoms with Gasteiger partial charge in [0, 0.05) is 25.6 Å². The maximum atomic E-state index is 13.6. The third-order valence-corrected chi connectivity index (χ3v) is 6.44. The number of alkyl halides is 2. The lowest BCUT2D eigenvalue weighted by Gasteiger charge is -2.35. The maximum Gasteiger partial charge on any atom is 0.322 e. The standard InChI is InChI=1S/C24H32F2N2O3/c1-4-16-13-18(5-6-19(16)17-7-10-24(25,26)11-8-17)22-20(15(2)3)14-28(23(31)27-22)12-9-21(29)30/h5-6,13-15,17,22H,4,7-12H2,1-3H3,(H,27,31)(H,29,30). The Bertz CT molecular complexity index is 856. The summed E-state index contributed by atoms with van der Waals surface area (Å²) in [6.45, 7) is 6.27. The summed E-state index contributed by atoms with van der Waals surface area (Å²) in [5.74, 6) is -3.18. The van der Waals surface area contributed by atoms with Crippen LogP contribution in [-0.4, -0.2) is 34.5 Å². The Hall–Kier alpha value is -2.44. The molecule has 0 aromatic heterocycles. The first kappa shape index (κ1) is 23.2. The van der Waals surface area contributed by atoms with Crippen LogP contribution in [0.25, 0.3) is 0 Å². The van der Waals surface area contributed by atoms with E-state index in [4.69, 9.17) is 5.11 Å². The number of carboxylic acids is 1. The van der Waals surface area contributed by atoms with Crippen molar-refractivity contribution in [3.8, 4) is 0 Å². The number of carboxylic acid groups (broad SMARTS) is 1. The number of carbonyl (C=O) groups is 2. The van der Waals surface area contributed by atoms with Gasteiger partial charge in [-0.05, 0) is 53.4 Å². The average Bonchev–Trinajstić information content (AvgIpc) is 2.72. The lowest BCUT2D eigenvalue weighted by molar-refractivity contribution is -0.137. The lowest BCUT2D eigenvalue weighted by atomic mass is 9.79. The molecule has 170 valence electrons. The molecule has 0 bridgehead atoms. The van der Waals surface area contributed by atoms with Crippen molar-refractivity contribution in [1.29, 1.82) is 0 Å². The van der Waals surface area contributed by atoms with Gasteiger partial charge in [-0.1, -0.05) is 39.0 Å². The molecule has 7 heteroatoms. The van der Waals surface area contributed by atoms with Gasteiger partial charge in [0.25, 0.3) is 0 Å². The van der Waals surface area contributed by atoms with Crippen molar-refractivity contribution < 1.29 is 23.5 Å². The number of urea groups is 1. The first-order valence-electron chi connectivity index (χ1n) is 11.1. The summed E-state index contributed by atoms with van der Waals surface area (Å²) in [4.78, 5) is 24.9. The number of aryl methyl sites for hydroxylation is 1. The number of benzene rings is 1. The number of nitrogens with one attached hydrogen (secondary N) is 1. The third-order valence-electron chi connectivity index (χ3n) is 6.44. The van der Waals surface area contributed by atoms with Gasteiger partial charge in [-0.3, -0.25) is 4.79 Å². The molecule has 2 aliphatic rings. The van der Waals surface area contributed by atoms with Crippen molar-refractivity contribution in [2.45, 2.75) is 77.2 Å². The van der Waals surface area contributed by atoms with Crippen molar-refractivity contribution in [3.63, 3.8) is 0 Å². The van der Waals surface area contributed by atoms with Gasteiger partial charge in [-0.25, -0.2) is 13.6 Å². The Morgan fingerprint density at radius 3 is 2.55 bits per heavy atom. The Morgan fingerprint density at radius 2 is 1.97 bits per heavy atom. The number of amides is 2. The highest BCUT2D eigenvalue weighted by atomic mass is 19.3. The molecule has 1 heterocycles. The van der Waals surface area contributed by atoms with Crippen molar-refractivity contribution in [3.05, 3.63) is 46.7 Å². The molecule has 31 heavy (non-hydrogen) atoms. The minimum atomic E-state index is -2.54. The highest BCUT2D eigenvalue weighted by Crippen LogP contribution is 2.42. The molecule has 0 saturated heterocycles. The molecule has 5 nitrogen and oxygen atoms in total. The van der Waals surface area contributed by atoms with Gasteiger partial charge in [0.2, 0.25) is 5.92 Å². The van der Waals surface area contributed by atoms with Gasteiger partial charge in [-0.15, -0.1) is 0 Å². The first-order chi connectivity index (χ1) is 14.6. The summed E-state index contributed by atoms with van der Waals surface area (Å²) in [5, 5.41) is 12.0. The molecule has 1 unspecified atom stereocenters. The summed E-state index contributed by atoms with van der Waals surface area (Å²) >= 11 is 0. The summed E-state index contributed by atoms with van der Waals surface area (Å²) in [5.41, 5.74) is 4.26. The van der Waals surface area contributed by atoms with Crippen LogP contribution in [0, 0.1) is 5.92 Å². The zero-order valence-electron chi connectivity index (χ0n) is 18.5. The van der Waals surface area contributed by atoms with Crippen LogP contribution in [0.5, 0.6) is 0 Å². The summed E-state index contributed by atoms with van der Waals surface area (Å²) in [6.07, 6.45) is 3.32. The fraction of sp³-hybridized carbons (Fsp3) is 0.583. The molecular weight excluding hydrogens is 402 g/mol. The smallest absolute Gasteiger partial charge is 0.322 e. The van der Waals surface area contributed by atoms with Gasteiger partial charge in [0.05, 0.1) is 12.5 Å². The van der Waals surface area contributed by atoms with E-state index >= 15 is 0 Å². The van der Waals surface area contributed by atoms with Crippen LogP contribution in [0.3, 0.4) is 0 Å². The van der Waals surface area contributed by atoms with Crippen molar-refractivity contribution >= 4 is 12.0 Å². The van der Waals surface area contributed by atoms with Crippen LogP contribution in [0.15, 0.2) is 30.0 Å². The Labute approximate surface area is 182 Å². The van der Waals surface area contributed by atoms with E-state index in [0.717, 1.165) is 28.7 Å². The van der Waals surface area contributed by atoms with Gasteiger partial charge in [0.15, 0.2) is 0 Å². The predicted octanol–water partition coefficient (Wildman–Crippen LogP) is 5.62. The summed E-state index contributed by atoms with van der Waals surface area (Å²) < 4.78 is 27.2. The number of nitrogens with zero attached hydrogens (tertiary/aromatic N) is 1. The SMILES string of the molecule is CCc1cc(C2NC(=O)N(CCC(=O)O)C=C2C(C)C)ccc1C1CCC(F)(F)CC1. The molecular formula is C24H32F2N2O3. The van der Waals surface area contributed by atoms with Crippen molar-refractivity contribution in [2.24, 2.45) is 5.92 Å². The largest absolute Gasteiger partial charge is 0.481 e. The number of rotatable bonds is 7. The molecule has 0 radical (unpaired) electrons. The zero-order valence-corrected chi connectivity index (χ0v) is 18.5. The molecule has 1 aliphatic heterocycles. The molecule has 1 fully saturated rings. The topological polar surface area (TPSA) is 69.6 Å². The molecule has 2 amide bonds. The van der Waals surface area contributed by atoms with E-state index in [0.29, 0.717) is 12.8 Å². The number of hydrogen-bond donors (Lipinski definition) is 2. The summed E-state index contributed by atoms with van der Waals surface area (Å²) in [6, 6.07) is 5.53. The van der Waals surface area contributed by atoms with E-state index in [9.17, 15) is 18.4 Å². The number of halogens is 2. The van der Waals surface area contributed by atoms with E-state index in [1.54, 1.807) is 6.20 Å². The summed E-state index contributed by atoms with van der Waals surface area (Å²) in [7, 11) is 0. The minimum Gasteiger partial charge on any atom is -0.481 e. The van der Waals surface area contributed by atoms with Gasteiger partial charge < -0.3 is 15.3 Å². The quantitative estimate of drug-likeness (QED) is 0.585. The van der Waals surface area contributed by atoms with E-state index in [-0.39, 0.29) is 49.7 Å². The third kappa shape index (κ3) is 5.43. The zero-order chi connectivity index (χ0) is 22.8. The minimum absolute atomic E-state index is 0.0618. The van der Waals surface area contributed by atoms with Crippen LogP contribution in [0.4, 0.5) is 13.6 Å². The molecule has 1 atom stereocenters. The number of aliphatic carboxylic acids is 1. The fourth-order valence-electron chi connectivity index (χ4n) is 4.60. The normalized spacial score (nSPS) is 21.7. The van der Waals surface area contributed by atoms with Crippen molar-refractivity contribution in [1.82, 2.24) is 10.2 Å². The average molecular weight is 435 g/mol. The van der Waals surface area contributed by atoms with Crippen LogP contribution in [0.2, 0.25) is 0 Å². The second-order valence-corrected chi connectivity index (χ2v) is 8.95.